The normalized spacial score (nSPS) is 12.3. The molecular weight excluding hydrogens is 162 g/mol. The highest BCUT2D eigenvalue weighted by molar-refractivity contribution is 7.80. The fourth-order valence-corrected chi connectivity index (χ4v) is 0.783. The van der Waals surface area contributed by atoms with Gasteiger partial charge in [0.25, 0.3) is 0 Å². The summed E-state index contributed by atoms with van der Waals surface area (Å²) in [6, 6.07) is -0.579. The van der Waals surface area contributed by atoms with Crippen molar-refractivity contribution in [3.63, 3.8) is 0 Å². The SMILES string of the molecule is C=C(C)OC(=O)[C@@H](N)CCS. The Labute approximate surface area is 72.0 Å². The Kier molecular flexibility index (Phi) is 4.98. The molecule has 4 heteroatoms. The number of allylic oxidation sites excluding steroid dienone is 1. The maximum atomic E-state index is 10.9. The van der Waals surface area contributed by atoms with Gasteiger partial charge >= 0.3 is 5.97 Å². The van der Waals surface area contributed by atoms with E-state index in [0.717, 1.165) is 0 Å². The number of carbonyl (C=O) groups excluding carboxylic acids is 1. The first kappa shape index (κ1) is 10.5. The van der Waals surface area contributed by atoms with Crippen molar-refractivity contribution < 1.29 is 9.53 Å². The van der Waals surface area contributed by atoms with Crippen LogP contribution in [0.25, 0.3) is 0 Å². The van der Waals surface area contributed by atoms with Crippen molar-refractivity contribution in [2.24, 2.45) is 5.73 Å². The molecule has 0 rings (SSSR count). The third kappa shape index (κ3) is 4.86. The van der Waals surface area contributed by atoms with E-state index in [4.69, 9.17) is 5.73 Å². The number of rotatable bonds is 4. The summed E-state index contributed by atoms with van der Waals surface area (Å²) in [5.41, 5.74) is 5.41. The number of esters is 1. The van der Waals surface area contributed by atoms with Crippen LogP contribution in [0.1, 0.15) is 13.3 Å². The fraction of sp³-hybridized carbons (Fsp3) is 0.571. The number of carbonyl (C=O) groups is 1. The maximum absolute atomic E-state index is 10.9. The van der Waals surface area contributed by atoms with E-state index in [9.17, 15) is 4.79 Å². The van der Waals surface area contributed by atoms with E-state index < -0.39 is 12.0 Å². The van der Waals surface area contributed by atoms with E-state index in [-0.39, 0.29) is 0 Å². The predicted molar refractivity (Wildman–Crippen MR) is 47.4 cm³/mol. The maximum Gasteiger partial charge on any atom is 0.327 e. The quantitative estimate of drug-likeness (QED) is 0.376. The molecule has 0 aliphatic rings. The average Bonchev–Trinajstić information content (AvgIpc) is 1.86. The van der Waals surface area contributed by atoms with Crippen LogP contribution in [-0.4, -0.2) is 17.8 Å². The second-order valence-electron chi connectivity index (χ2n) is 2.24. The smallest absolute Gasteiger partial charge is 0.327 e. The van der Waals surface area contributed by atoms with Gasteiger partial charge in [-0.3, -0.25) is 0 Å². The summed E-state index contributed by atoms with van der Waals surface area (Å²) in [5, 5.41) is 0. The summed E-state index contributed by atoms with van der Waals surface area (Å²) in [6.07, 6.45) is 0.523. The van der Waals surface area contributed by atoms with Gasteiger partial charge in [0.2, 0.25) is 0 Å². The van der Waals surface area contributed by atoms with Crippen molar-refractivity contribution >= 4 is 18.6 Å². The highest BCUT2D eigenvalue weighted by Gasteiger charge is 2.13. The highest BCUT2D eigenvalue weighted by atomic mass is 32.1. The van der Waals surface area contributed by atoms with E-state index in [1.165, 1.54) is 0 Å². The lowest BCUT2D eigenvalue weighted by Crippen LogP contribution is -2.32. The van der Waals surface area contributed by atoms with Crippen molar-refractivity contribution in [1.29, 1.82) is 0 Å². The standard InChI is InChI=1S/C7H13NO2S/c1-5(2)10-7(9)6(8)3-4-11/h6,11H,1,3-4,8H2,2H3/t6-/m0/s1. The zero-order valence-corrected chi connectivity index (χ0v) is 7.43. The Morgan fingerprint density at radius 1 is 1.82 bits per heavy atom. The van der Waals surface area contributed by atoms with Gasteiger partial charge in [-0.25, -0.2) is 4.79 Å². The molecule has 0 amide bonds. The van der Waals surface area contributed by atoms with Gasteiger partial charge in [-0.05, 0) is 19.1 Å². The molecule has 0 aliphatic carbocycles. The van der Waals surface area contributed by atoms with E-state index in [0.29, 0.717) is 17.9 Å². The minimum atomic E-state index is -0.579. The highest BCUT2D eigenvalue weighted by Crippen LogP contribution is 1.98. The first-order valence-corrected chi connectivity index (χ1v) is 3.94. The number of hydrogen-bond donors (Lipinski definition) is 2. The van der Waals surface area contributed by atoms with E-state index in [1.807, 2.05) is 0 Å². The van der Waals surface area contributed by atoms with Crippen LogP contribution in [0.4, 0.5) is 0 Å². The molecule has 0 aromatic carbocycles. The molecule has 0 fully saturated rings. The van der Waals surface area contributed by atoms with Gasteiger partial charge < -0.3 is 10.5 Å². The zero-order valence-electron chi connectivity index (χ0n) is 6.54. The van der Waals surface area contributed by atoms with Gasteiger partial charge in [0, 0.05) is 0 Å². The number of thiol groups is 1. The van der Waals surface area contributed by atoms with Gasteiger partial charge in [0.05, 0.1) is 5.76 Å². The largest absolute Gasteiger partial charge is 0.431 e. The molecule has 1 atom stereocenters. The van der Waals surface area contributed by atoms with Crippen molar-refractivity contribution in [2.45, 2.75) is 19.4 Å². The van der Waals surface area contributed by atoms with E-state index >= 15 is 0 Å². The molecule has 0 aliphatic heterocycles. The Balaban J connectivity index is 3.73. The van der Waals surface area contributed by atoms with Gasteiger partial charge in [-0.2, -0.15) is 12.6 Å². The number of ether oxygens (including phenoxy) is 1. The van der Waals surface area contributed by atoms with Crippen LogP contribution in [0.3, 0.4) is 0 Å². The first-order valence-electron chi connectivity index (χ1n) is 3.31. The van der Waals surface area contributed by atoms with Crippen LogP contribution in [0.15, 0.2) is 12.3 Å². The molecule has 0 bridgehead atoms. The lowest BCUT2D eigenvalue weighted by Gasteiger charge is -2.08. The molecule has 0 saturated heterocycles. The van der Waals surface area contributed by atoms with Crippen molar-refractivity contribution in [3.8, 4) is 0 Å². The van der Waals surface area contributed by atoms with Gasteiger partial charge in [-0.15, -0.1) is 0 Å². The molecule has 11 heavy (non-hydrogen) atoms. The fourth-order valence-electron chi connectivity index (χ4n) is 0.504. The van der Waals surface area contributed by atoms with E-state index in [1.54, 1.807) is 6.92 Å². The first-order chi connectivity index (χ1) is 5.07. The molecular formula is C7H13NO2S. The van der Waals surface area contributed by atoms with Crippen LogP contribution in [0.2, 0.25) is 0 Å². The third-order valence-electron chi connectivity index (χ3n) is 1.02. The zero-order chi connectivity index (χ0) is 8.85. The summed E-state index contributed by atoms with van der Waals surface area (Å²) in [5.74, 6) is 0.503. The molecule has 0 aromatic heterocycles. The van der Waals surface area contributed by atoms with Crippen LogP contribution in [0.5, 0.6) is 0 Å². The summed E-state index contributed by atoms with van der Waals surface area (Å²) in [4.78, 5) is 10.9. The van der Waals surface area contributed by atoms with E-state index in [2.05, 4.69) is 23.9 Å². The Morgan fingerprint density at radius 3 is 2.73 bits per heavy atom. The summed E-state index contributed by atoms with van der Waals surface area (Å²) < 4.78 is 4.67. The summed E-state index contributed by atoms with van der Waals surface area (Å²) in [6.45, 7) is 5.02. The third-order valence-corrected chi connectivity index (χ3v) is 1.28. The molecule has 0 radical (unpaired) electrons. The number of nitrogens with two attached hydrogens (primary N) is 1. The minimum absolute atomic E-state index is 0.365. The molecule has 64 valence electrons. The molecule has 0 unspecified atom stereocenters. The van der Waals surface area contributed by atoms with Crippen LogP contribution in [0, 0.1) is 0 Å². The van der Waals surface area contributed by atoms with Crippen molar-refractivity contribution in [2.75, 3.05) is 5.75 Å². The van der Waals surface area contributed by atoms with Gasteiger partial charge in [0.15, 0.2) is 0 Å². The molecule has 2 N–H and O–H groups in total. The lowest BCUT2D eigenvalue weighted by atomic mass is 10.2. The van der Waals surface area contributed by atoms with Crippen LogP contribution in [-0.2, 0) is 9.53 Å². The predicted octanol–water partition coefficient (Wildman–Crippen LogP) is 0.710. The Bertz CT molecular complexity index is 159. The molecule has 0 saturated carbocycles. The van der Waals surface area contributed by atoms with Crippen LogP contribution < -0.4 is 5.73 Å². The summed E-state index contributed by atoms with van der Waals surface area (Å²) >= 11 is 3.93. The van der Waals surface area contributed by atoms with Crippen molar-refractivity contribution in [3.05, 3.63) is 12.3 Å². The second kappa shape index (κ2) is 5.21. The summed E-state index contributed by atoms with van der Waals surface area (Å²) in [7, 11) is 0. The molecule has 3 nitrogen and oxygen atoms in total. The Hall–Kier alpha value is -0.480. The monoisotopic (exact) mass is 175 g/mol. The number of hydrogen-bond acceptors (Lipinski definition) is 4. The molecule has 0 spiro atoms. The molecule has 0 heterocycles. The van der Waals surface area contributed by atoms with Crippen LogP contribution >= 0.6 is 12.6 Å². The topological polar surface area (TPSA) is 52.3 Å². The second-order valence-corrected chi connectivity index (χ2v) is 2.69. The molecule has 0 aromatic rings. The lowest BCUT2D eigenvalue weighted by molar-refractivity contribution is -0.140. The average molecular weight is 175 g/mol. The van der Waals surface area contributed by atoms with Gasteiger partial charge in [-0.1, -0.05) is 6.58 Å². The minimum Gasteiger partial charge on any atom is -0.431 e. The van der Waals surface area contributed by atoms with Crippen molar-refractivity contribution in [1.82, 2.24) is 0 Å². The van der Waals surface area contributed by atoms with Gasteiger partial charge in [0.1, 0.15) is 6.04 Å². The Morgan fingerprint density at radius 2 is 2.36 bits per heavy atom.